The average molecular weight is 366 g/mol. The number of hydrogen-bond acceptors (Lipinski definition) is 5. The number of carbonyl (C=O) groups is 1. The van der Waals surface area contributed by atoms with E-state index in [0.29, 0.717) is 25.5 Å². The van der Waals surface area contributed by atoms with E-state index in [1.807, 2.05) is 36.2 Å². The van der Waals surface area contributed by atoms with Gasteiger partial charge in [0.25, 0.3) is 5.56 Å². The van der Waals surface area contributed by atoms with E-state index < -0.39 is 0 Å². The minimum atomic E-state index is -0.335. The molecule has 140 valence electrons. The zero-order valence-electron chi connectivity index (χ0n) is 15.4. The first-order valence-electron chi connectivity index (χ1n) is 9.12. The lowest BCUT2D eigenvalue weighted by molar-refractivity contribution is -0.145. The number of rotatable bonds is 4. The van der Waals surface area contributed by atoms with Gasteiger partial charge >= 0.3 is 5.97 Å². The maximum Gasteiger partial charge on any atom is 0.302 e. The predicted octanol–water partition coefficient (Wildman–Crippen LogP) is 2.28. The van der Waals surface area contributed by atoms with Crippen LogP contribution in [0.5, 0.6) is 0 Å². The lowest BCUT2D eigenvalue weighted by Crippen LogP contribution is -2.32. The summed E-state index contributed by atoms with van der Waals surface area (Å²) in [4.78, 5) is 33.8. The molecule has 7 nitrogen and oxygen atoms in total. The van der Waals surface area contributed by atoms with Crippen molar-refractivity contribution in [3.63, 3.8) is 0 Å². The summed E-state index contributed by atoms with van der Waals surface area (Å²) in [6.07, 6.45) is 4.96. The van der Waals surface area contributed by atoms with Gasteiger partial charge in [-0.3, -0.25) is 9.59 Å². The molecular formula is C20H22N4O3. The van der Waals surface area contributed by atoms with E-state index in [4.69, 9.17) is 4.74 Å². The number of benzene rings is 1. The second-order valence-corrected chi connectivity index (χ2v) is 6.79. The summed E-state index contributed by atoms with van der Waals surface area (Å²) >= 11 is 0. The largest absolute Gasteiger partial charge is 0.460 e. The molecule has 27 heavy (non-hydrogen) atoms. The molecule has 0 saturated carbocycles. The lowest BCUT2D eigenvalue weighted by atomic mass is 9.95. The van der Waals surface area contributed by atoms with Crippen LogP contribution < -0.4 is 10.5 Å². The summed E-state index contributed by atoms with van der Waals surface area (Å²) in [5.74, 6) is 0.0408. The number of ether oxygens (including phenoxy) is 1. The smallest absolute Gasteiger partial charge is 0.302 e. The van der Waals surface area contributed by atoms with Crippen molar-refractivity contribution in [1.82, 2.24) is 14.5 Å². The van der Waals surface area contributed by atoms with Crippen LogP contribution in [0.3, 0.4) is 0 Å². The van der Waals surface area contributed by atoms with Gasteiger partial charge in [-0.2, -0.15) is 0 Å². The molecular weight excluding hydrogens is 344 g/mol. The van der Waals surface area contributed by atoms with E-state index >= 15 is 0 Å². The number of aromatic amines is 1. The van der Waals surface area contributed by atoms with Gasteiger partial charge in [0.05, 0.1) is 6.54 Å². The van der Waals surface area contributed by atoms with Gasteiger partial charge < -0.3 is 19.2 Å². The van der Waals surface area contributed by atoms with E-state index in [9.17, 15) is 9.59 Å². The average Bonchev–Trinajstić information content (AvgIpc) is 3.25. The predicted molar refractivity (Wildman–Crippen MR) is 103 cm³/mol. The third kappa shape index (κ3) is 3.09. The zero-order chi connectivity index (χ0) is 19.0. The minimum Gasteiger partial charge on any atom is -0.460 e. The number of para-hydroxylation sites is 1. The Kier molecular flexibility index (Phi) is 4.43. The van der Waals surface area contributed by atoms with Crippen LogP contribution >= 0.6 is 0 Å². The molecule has 0 aliphatic carbocycles. The number of anilines is 1. The van der Waals surface area contributed by atoms with Crippen molar-refractivity contribution in [3.8, 4) is 0 Å². The molecule has 0 spiro atoms. The fourth-order valence-corrected chi connectivity index (χ4v) is 3.88. The maximum atomic E-state index is 12.7. The standard InChI is InChI=1S/C20H22N4O3/c1-3-23-9-8-21-19(20(23)26)24-11-16(18(12-24)27-13(2)25)15-10-22-17-7-5-4-6-14(15)17/h4-10,16,18,22H,3,11-12H2,1-2H3/t16-,18-/m1/s1. The van der Waals surface area contributed by atoms with Crippen molar-refractivity contribution < 1.29 is 9.53 Å². The Morgan fingerprint density at radius 2 is 2.15 bits per heavy atom. The van der Waals surface area contributed by atoms with Crippen molar-refractivity contribution in [2.24, 2.45) is 0 Å². The monoisotopic (exact) mass is 366 g/mol. The summed E-state index contributed by atoms with van der Waals surface area (Å²) in [7, 11) is 0. The molecule has 7 heteroatoms. The van der Waals surface area contributed by atoms with Crippen molar-refractivity contribution in [1.29, 1.82) is 0 Å². The Hall–Kier alpha value is -3.09. The molecule has 1 aromatic carbocycles. The first kappa shape index (κ1) is 17.3. The summed E-state index contributed by atoms with van der Waals surface area (Å²) in [6, 6.07) is 8.05. The molecule has 3 aromatic rings. The number of esters is 1. The van der Waals surface area contributed by atoms with Gasteiger partial charge in [0.2, 0.25) is 0 Å². The van der Waals surface area contributed by atoms with Crippen LogP contribution in [0.15, 0.2) is 47.7 Å². The van der Waals surface area contributed by atoms with Crippen LogP contribution in [-0.4, -0.2) is 39.7 Å². The quantitative estimate of drug-likeness (QED) is 0.717. The normalized spacial score (nSPS) is 19.6. The minimum absolute atomic E-state index is 0.0402. The van der Waals surface area contributed by atoms with Crippen LogP contribution in [0.1, 0.15) is 25.3 Å². The molecule has 2 atom stereocenters. The van der Waals surface area contributed by atoms with Crippen LogP contribution in [0.2, 0.25) is 0 Å². The highest BCUT2D eigenvalue weighted by Gasteiger charge is 2.38. The Labute approximate surface area is 156 Å². The summed E-state index contributed by atoms with van der Waals surface area (Å²) in [6.45, 7) is 4.93. The number of aryl methyl sites for hydroxylation is 1. The van der Waals surface area contributed by atoms with Gasteiger partial charge in [0, 0.05) is 55.4 Å². The first-order valence-corrected chi connectivity index (χ1v) is 9.12. The number of aromatic nitrogens is 3. The first-order chi connectivity index (χ1) is 13.1. The number of carbonyl (C=O) groups excluding carboxylic acids is 1. The van der Waals surface area contributed by atoms with Gasteiger partial charge in [-0.1, -0.05) is 18.2 Å². The molecule has 4 rings (SSSR count). The molecule has 1 aliphatic rings. The molecule has 2 aromatic heterocycles. The van der Waals surface area contributed by atoms with Crippen molar-refractivity contribution in [2.75, 3.05) is 18.0 Å². The highest BCUT2D eigenvalue weighted by atomic mass is 16.5. The summed E-state index contributed by atoms with van der Waals surface area (Å²) < 4.78 is 7.24. The van der Waals surface area contributed by atoms with E-state index in [0.717, 1.165) is 16.5 Å². The topological polar surface area (TPSA) is 80.2 Å². The van der Waals surface area contributed by atoms with Crippen LogP contribution in [-0.2, 0) is 16.1 Å². The Bertz CT molecular complexity index is 1040. The molecule has 0 amide bonds. The summed E-state index contributed by atoms with van der Waals surface area (Å²) in [5.41, 5.74) is 2.01. The number of H-pyrrole nitrogens is 1. The Balaban J connectivity index is 1.73. The molecule has 0 bridgehead atoms. The third-order valence-electron chi connectivity index (χ3n) is 5.14. The van der Waals surface area contributed by atoms with Gasteiger partial charge in [-0.15, -0.1) is 0 Å². The molecule has 1 aliphatic heterocycles. The van der Waals surface area contributed by atoms with Crippen LogP contribution in [0.25, 0.3) is 10.9 Å². The second-order valence-electron chi connectivity index (χ2n) is 6.79. The van der Waals surface area contributed by atoms with Crippen molar-refractivity contribution in [3.05, 3.63) is 58.8 Å². The Morgan fingerprint density at radius 1 is 1.33 bits per heavy atom. The maximum absolute atomic E-state index is 12.7. The van der Waals surface area contributed by atoms with E-state index in [2.05, 4.69) is 16.0 Å². The summed E-state index contributed by atoms with van der Waals surface area (Å²) in [5, 5.41) is 1.11. The second kappa shape index (κ2) is 6.90. The van der Waals surface area contributed by atoms with Gasteiger partial charge in [-0.05, 0) is 18.6 Å². The molecule has 1 fully saturated rings. The fourth-order valence-electron chi connectivity index (χ4n) is 3.88. The van der Waals surface area contributed by atoms with Gasteiger partial charge in [0.15, 0.2) is 5.82 Å². The van der Waals surface area contributed by atoms with Crippen molar-refractivity contribution >= 4 is 22.7 Å². The zero-order valence-corrected chi connectivity index (χ0v) is 15.4. The van der Waals surface area contributed by atoms with Crippen LogP contribution in [0, 0.1) is 0 Å². The lowest BCUT2D eigenvalue weighted by Gasteiger charge is -2.17. The number of fused-ring (bicyclic) bond motifs is 1. The van der Waals surface area contributed by atoms with E-state index in [1.165, 1.54) is 6.92 Å². The highest BCUT2D eigenvalue weighted by Crippen LogP contribution is 2.35. The molecule has 1 N–H and O–H groups in total. The van der Waals surface area contributed by atoms with E-state index in [-0.39, 0.29) is 23.6 Å². The number of hydrogen-bond donors (Lipinski definition) is 1. The van der Waals surface area contributed by atoms with E-state index in [1.54, 1.807) is 17.0 Å². The number of nitrogens with zero attached hydrogens (tertiary/aromatic N) is 3. The SMILES string of the molecule is CCn1ccnc(N2C[C@H](c3c[nH]c4ccccc34)[C@H](OC(C)=O)C2)c1=O. The van der Waals surface area contributed by atoms with Crippen LogP contribution in [0.4, 0.5) is 5.82 Å². The fraction of sp³-hybridized carbons (Fsp3) is 0.350. The highest BCUT2D eigenvalue weighted by molar-refractivity contribution is 5.84. The third-order valence-corrected chi connectivity index (χ3v) is 5.14. The Morgan fingerprint density at radius 3 is 2.93 bits per heavy atom. The molecule has 3 heterocycles. The van der Waals surface area contributed by atoms with Gasteiger partial charge in [0.1, 0.15) is 6.10 Å². The molecule has 1 saturated heterocycles. The molecule has 0 unspecified atom stereocenters. The van der Waals surface area contributed by atoms with Gasteiger partial charge in [-0.25, -0.2) is 4.98 Å². The molecule has 0 radical (unpaired) electrons. The number of nitrogens with one attached hydrogen (secondary N) is 1. The van der Waals surface area contributed by atoms with Crippen molar-refractivity contribution in [2.45, 2.75) is 32.4 Å².